The topological polar surface area (TPSA) is 62.8 Å². The first-order chi connectivity index (χ1) is 10.3. The highest BCUT2D eigenvalue weighted by Gasteiger charge is 2.55. The molecule has 22 heavy (non-hydrogen) atoms. The molecule has 3 fully saturated rings. The molecule has 0 aromatic heterocycles. The minimum Gasteiger partial charge on any atom is -0.444 e. The lowest BCUT2D eigenvalue weighted by Gasteiger charge is -2.49. The van der Waals surface area contributed by atoms with Crippen molar-refractivity contribution in [1.29, 1.82) is 0 Å². The molecule has 6 nitrogen and oxygen atoms in total. The van der Waals surface area contributed by atoms with Gasteiger partial charge in [0.25, 0.3) is 0 Å². The molecule has 0 spiro atoms. The van der Waals surface area contributed by atoms with E-state index in [2.05, 4.69) is 22.6 Å². The number of rotatable bonds is 3. The molecule has 0 radical (unpaired) electrons. The number of carbonyl (C=O) groups is 1. The van der Waals surface area contributed by atoms with Crippen molar-refractivity contribution >= 4 is 6.09 Å². The Bertz CT molecular complexity index is 423. The Morgan fingerprint density at radius 1 is 1.27 bits per heavy atom. The lowest BCUT2D eigenvalue weighted by Crippen LogP contribution is -2.71. The van der Waals surface area contributed by atoms with Crippen LogP contribution in [0, 0.1) is 5.92 Å². The van der Waals surface area contributed by atoms with Gasteiger partial charge in [-0.2, -0.15) is 0 Å². The summed E-state index contributed by atoms with van der Waals surface area (Å²) < 4.78 is 11.2. The molecule has 5 unspecified atom stereocenters. The van der Waals surface area contributed by atoms with Crippen LogP contribution in [0.15, 0.2) is 0 Å². The summed E-state index contributed by atoms with van der Waals surface area (Å²) in [5.41, 5.74) is -0.462. The molecule has 2 saturated heterocycles. The van der Waals surface area contributed by atoms with Crippen molar-refractivity contribution in [2.24, 2.45) is 5.92 Å². The monoisotopic (exact) mass is 311 g/mol. The van der Waals surface area contributed by atoms with Crippen molar-refractivity contribution in [2.75, 3.05) is 26.7 Å². The highest BCUT2D eigenvalue weighted by atomic mass is 16.6. The Kier molecular flexibility index (Phi) is 4.36. The van der Waals surface area contributed by atoms with E-state index in [-0.39, 0.29) is 24.3 Å². The predicted octanol–water partition coefficient (Wildman–Crippen LogP) is 0.961. The third-order valence-electron chi connectivity index (χ3n) is 4.89. The highest BCUT2D eigenvalue weighted by Crippen LogP contribution is 2.39. The first-order valence-electron chi connectivity index (χ1n) is 8.39. The second kappa shape index (κ2) is 5.98. The zero-order chi connectivity index (χ0) is 15.9. The second-order valence-electron chi connectivity index (χ2n) is 7.90. The van der Waals surface area contributed by atoms with Crippen LogP contribution in [0.1, 0.15) is 33.6 Å². The molecule has 5 atom stereocenters. The molecule has 1 aliphatic carbocycles. The maximum absolute atomic E-state index is 12.1. The van der Waals surface area contributed by atoms with Gasteiger partial charge in [0, 0.05) is 25.1 Å². The number of likely N-dealkylation sites (tertiary alicyclic amines) is 1. The molecule has 2 heterocycles. The molecule has 3 rings (SSSR count). The van der Waals surface area contributed by atoms with Crippen molar-refractivity contribution < 1.29 is 14.3 Å². The van der Waals surface area contributed by atoms with Crippen molar-refractivity contribution in [2.45, 2.75) is 63.4 Å². The lowest BCUT2D eigenvalue weighted by atomic mass is 9.71. The Balaban J connectivity index is 1.57. The average Bonchev–Trinajstić information content (AvgIpc) is 2.98. The van der Waals surface area contributed by atoms with Crippen molar-refractivity contribution in [3.05, 3.63) is 0 Å². The van der Waals surface area contributed by atoms with E-state index in [1.807, 2.05) is 20.8 Å². The largest absolute Gasteiger partial charge is 0.444 e. The van der Waals surface area contributed by atoms with Gasteiger partial charge in [-0.15, -0.1) is 0 Å². The van der Waals surface area contributed by atoms with E-state index in [9.17, 15) is 4.79 Å². The highest BCUT2D eigenvalue weighted by molar-refractivity contribution is 5.68. The number of hydrogen-bond donors (Lipinski definition) is 2. The van der Waals surface area contributed by atoms with Gasteiger partial charge < -0.3 is 25.0 Å². The molecule has 3 aliphatic rings. The van der Waals surface area contributed by atoms with Gasteiger partial charge in [-0.1, -0.05) is 0 Å². The fraction of sp³-hybridized carbons (Fsp3) is 0.938. The molecule has 6 heteroatoms. The van der Waals surface area contributed by atoms with Gasteiger partial charge in [0.05, 0.1) is 18.2 Å². The summed E-state index contributed by atoms with van der Waals surface area (Å²) in [6.45, 7) is 8.65. The Labute approximate surface area is 132 Å². The molecule has 1 saturated carbocycles. The summed E-state index contributed by atoms with van der Waals surface area (Å²) in [5, 5.41) is 6.76. The number of fused-ring (bicyclic) bond motifs is 1. The smallest absolute Gasteiger partial charge is 0.407 e. The molecule has 0 bridgehead atoms. The molecule has 126 valence electrons. The lowest BCUT2D eigenvalue weighted by molar-refractivity contribution is -0.0372. The van der Waals surface area contributed by atoms with Crippen molar-refractivity contribution in [3.8, 4) is 0 Å². The SMILES string of the molecule is CN1CCC(NC2C(NC(=O)OC(C)(C)C)C3CCOC32)C1. The number of nitrogens with one attached hydrogen (secondary N) is 2. The van der Waals surface area contributed by atoms with Crippen LogP contribution < -0.4 is 10.6 Å². The third kappa shape index (κ3) is 3.39. The molecule has 2 N–H and O–H groups in total. The van der Waals surface area contributed by atoms with Gasteiger partial charge in [0.1, 0.15) is 5.60 Å². The summed E-state index contributed by atoms with van der Waals surface area (Å²) in [6, 6.07) is 0.813. The van der Waals surface area contributed by atoms with Crippen LogP contribution in [0.25, 0.3) is 0 Å². The molecule has 1 amide bonds. The summed E-state index contributed by atoms with van der Waals surface area (Å²) in [5.74, 6) is 0.421. The Morgan fingerprint density at radius 3 is 2.68 bits per heavy atom. The normalized spacial score (nSPS) is 38.5. The molecular formula is C16H29N3O3. The maximum Gasteiger partial charge on any atom is 0.407 e. The van der Waals surface area contributed by atoms with Gasteiger partial charge in [-0.3, -0.25) is 0 Å². The van der Waals surface area contributed by atoms with Gasteiger partial charge >= 0.3 is 6.09 Å². The maximum atomic E-state index is 12.1. The zero-order valence-electron chi connectivity index (χ0n) is 14.1. The van der Waals surface area contributed by atoms with Crippen molar-refractivity contribution in [1.82, 2.24) is 15.5 Å². The van der Waals surface area contributed by atoms with Crippen LogP contribution in [0.5, 0.6) is 0 Å². The van der Waals surface area contributed by atoms with Crippen molar-refractivity contribution in [3.63, 3.8) is 0 Å². The van der Waals surface area contributed by atoms with Crippen LogP contribution in [0.3, 0.4) is 0 Å². The van der Waals surface area contributed by atoms with Gasteiger partial charge in [-0.25, -0.2) is 4.79 Å². The van der Waals surface area contributed by atoms with Gasteiger partial charge in [0.15, 0.2) is 0 Å². The number of alkyl carbamates (subject to hydrolysis) is 1. The third-order valence-corrected chi connectivity index (χ3v) is 4.89. The van der Waals surface area contributed by atoms with Crippen LogP contribution in [-0.4, -0.2) is 67.6 Å². The molecule has 0 aromatic rings. The van der Waals surface area contributed by atoms with E-state index < -0.39 is 5.60 Å². The van der Waals surface area contributed by atoms with E-state index in [0.29, 0.717) is 12.0 Å². The second-order valence-corrected chi connectivity index (χ2v) is 7.90. The summed E-state index contributed by atoms with van der Waals surface area (Å²) in [4.78, 5) is 14.4. The number of carbonyl (C=O) groups excluding carboxylic acids is 1. The van der Waals surface area contributed by atoms with E-state index in [1.54, 1.807) is 0 Å². The number of hydrogen-bond acceptors (Lipinski definition) is 5. The predicted molar refractivity (Wildman–Crippen MR) is 83.8 cm³/mol. The summed E-state index contributed by atoms with van der Waals surface area (Å²) in [6.07, 6.45) is 2.10. The minimum atomic E-state index is -0.462. The Morgan fingerprint density at radius 2 is 2.05 bits per heavy atom. The average molecular weight is 311 g/mol. The molecule has 2 aliphatic heterocycles. The molecular weight excluding hydrogens is 282 g/mol. The van der Waals surface area contributed by atoms with Gasteiger partial charge in [0.2, 0.25) is 0 Å². The zero-order valence-corrected chi connectivity index (χ0v) is 14.1. The van der Waals surface area contributed by atoms with E-state index in [4.69, 9.17) is 9.47 Å². The van der Waals surface area contributed by atoms with Crippen LogP contribution in [0.2, 0.25) is 0 Å². The Hall–Kier alpha value is -0.850. The standard InChI is InChI=1S/C16H29N3O3/c1-16(2,3)22-15(20)18-12-11-6-8-21-14(11)13(12)17-10-5-7-19(4)9-10/h10-14,17H,5-9H2,1-4H3,(H,18,20). The van der Waals surface area contributed by atoms with E-state index in [1.165, 1.54) is 0 Å². The fourth-order valence-corrected chi connectivity index (χ4v) is 3.89. The van der Waals surface area contributed by atoms with E-state index in [0.717, 1.165) is 32.5 Å². The summed E-state index contributed by atoms with van der Waals surface area (Å²) >= 11 is 0. The van der Waals surface area contributed by atoms with Crippen LogP contribution in [-0.2, 0) is 9.47 Å². The molecule has 0 aromatic carbocycles. The van der Waals surface area contributed by atoms with Gasteiger partial charge in [-0.05, 0) is 47.2 Å². The number of amides is 1. The quantitative estimate of drug-likeness (QED) is 0.813. The first kappa shape index (κ1) is 16.0. The number of nitrogens with zero attached hydrogens (tertiary/aromatic N) is 1. The number of ether oxygens (including phenoxy) is 2. The van der Waals surface area contributed by atoms with Crippen LogP contribution in [0.4, 0.5) is 4.79 Å². The minimum absolute atomic E-state index is 0.119. The number of likely N-dealkylation sites (N-methyl/N-ethyl adjacent to an activating group) is 1. The fourth-order valence-electron chi connectivity index (χ4n) is 3.89. The van der Waals surface area contributed by atoms with E-state index >= 15 is 0 Å². The summed E-state index contributed by atoms with van der Waals surface area (Å²) in [7, 11) is 2.15. The first-order valence-corrected chi connectivity index (χ1v) is 8.39. The van der Waals surface area contributed by atoms with Crippen LogP contribution >= 0.6 is 0 Å².